The van der Waals surface area contributed by atoms with Crippen molar-refractivity contribution in [2.24, 2.45) is 0 Å². The van der Waals surface area contributed by atoms with E-state index in [1.54, 1.807) is 11.9 Å². The summed E-state index contributed by atoms with van der Waals surface area (Å²) < 4.78 is 11.5. The third-order valence-electron chi connectivity index (χ3n) is 11.4. The SMILES string of the molecule is CCCCCCCCCOC(=O)CCCCCCCN(CCCCCCCC(=O)OC(CCCCCCCC)CCCCCCCC)CCCN(C)C(=O)NCC=O. The highest BCUT2D eigenvalue weighted by Crippen LogP contribution is 2.19. The summed E-state index contributed by atoms with van der Waals surface area (Å²) in [6.45, 7) is 11.0. The molecule has 0 radical (unpaired) electrons. The fourth-order valence-electron chi connectivity index (χ4n) is 7.63. The number of hydrogen-bond donors (Lipinski definition) is 1. The van der Waals surface area contributed by atoms with Crippen molar-refractivity contribution in [3.8, 4) is 0 Å². The minimum atomic E-state index is -0.213. The van der Waals surface area contributed by atoms with Gasteiger partial charge < -0.3 is 29.4 Å². The Balaban J connectivity index is 4.48. The first-order chi connectivity index (χ1) is 28.4. The van der Waals surface area contributed by atoms with Crippen LogP contribution < -0.4 is 5.32 Å². The van der Waals surface area contributed by atoms with E-state index in [2.05, 4.69) is 31.0 Å². The molecule has 9 nitrogen and oxygen atoms in total. The van der Waals surface area contributed by atoms with Gasteiger partial charge in [-0.25, -0.2) is 4.79 Å². The molecule has 0 fully saturated rings. The zero-order valence-corrected chi connectivity index (χ0v) is 38.8. The molecule has 0 aromatic carbocycles. The lowest BCUT2D eigenvalue weighted by Crippen LogP contribution is -2.39. The standard InChI is InChI=1S/C49H95N3O6/c1-5-8-11-14-17-26-33-45-57-47(54)37-29-22-18-24-31-41-52(43-34-40-51(4)49(56)50-39-44-53)42-32-25-19-23-30-38-48(55)58-46(35-27-20-15-12-9-6-2)36-28-21-16-13-10-7-3/h44,46H,5-43,45H2,1-4H3,(H,50,56). The molecule has 342 valence electrons. The number of nitrogens with zero attached hydrogens (tertiary/aromatic N) is 2. The summed E-state index contributed by atoms with van der Waals surface area (Å²) in [4.78, 5) is 51.9. The van der Waals surface area contributed by atoms with Crippen LogP contribution in [-0.4, -0.2) is 86.5 Å². The summed E-state index contributed by atoms with van der Waals surface area (Å²) in [5, 5.41) is 2.61. The minimum Gasteiger partial charge on any atom is -0.466 e. The molecular weight excluding hydrogens is 727 g/mol. The van der Waals surface area contributed by atoms with Crippen LogP contribution in [0.4, 0.5) is 4.79 Å². The summed E-state index contributed by atoms with van der Waals surface area (Å²) in [6, 6.07) is -0.213. The van der Waals surface area contributed by atoms with Crippen molar-refractivity contribution in [3.05, 3.63) is 0 Å². The molecular formula is C49H95N3O6. The average molecular weight is 822 g/mol. The van der Waals surface area contributed by atoms with Crippen LogP contribution in [0.3, 0.4) is 0 Å². The number of carbonyl (C=O) groups excluding carboxylic acids is 4. The Bertz CT molecular complexity index is 918. The molecule has 0 unspecified atom stereocenters. The van der Waals surface area contributed by atoms with Gasteiger partial charge in [-0.3, -0.25) is 9.59 Å². The number of rotatable bonds is 45. The number of esters is 2. The highest BCUT2D eigenvalue weighted by atomic mass is 16.5. The predicted molar refractivity (Wildman–Crippen MR) is 243 cm³/mol. The number of amides is 2. The van der Waals surface area contributed by atoms with Crippen molar-refractivity contribution < 1.29 is 28.7 Å². The highest BCUT2D eigenvalue weighted by molar-refractivity contribution is 5.76. The van der Waals surface area contributed by atoms with Crippen LogP contribution in [0.2, 0.25) is 0 Å². The lowest BCUT2D eigenvalue weighted by molar-refractivity contribution is -0.150. The Morgan fingerprint density at radius 3 is 1.41 bits per heavy atom. The van der Waals surface area contributed by atoms with Crippen LogP contribution in [0, 0.1) is 0 Å². The van der Waals surface area contributed by atoms with Crippen molar-refractivity contribution in [3.63, 3.8) is 0 Å². The Kier molecular flexibility index (Phi) is 42.7. The van der Waals surface area contributed by atoms with Gasteiger partial charge in [-0.1, -0.05) is 162 Å². The minimum absolute atomic E-state index is 0.00307. The van der Waals surface area contributed by atoms with Crippen LogP contribution in [0.25, 0.3) is 0 Å². The van der Waals surface area contributed by atoms with Crippen molar-refractivity contribution >= 4 is 24.3 Å². The van der Waals surface area contributed by atoms with Crippen molar-refractivity contribution in [2.45, 2.75) is 245 Å². The highest BCUT2D eigenvalue weighted by Gasteiger charge is 2.15. The van der Waals surface area contributed by atoms with Crippen LogP contribution in [0.1, 0.15) is 239 Å². The Morgan fingerprint density at radius 1 is 0.500 bits per heavy atom. The predicted octanol–water partition coefficient (Wildman–Crippen LogP) is 12.9. The third-order valence-corrected chi connectivity index (χ3v) is 11.4. The van der Waals surface area contributed by atoms with Crippen LogP contribution >= 0.6 is 0 Å². The van der Waals surface area contributed by atoms with Gasteiger partial charge in [0.15, 0.2) is 0 Å². The molecule has 1 N–H and O–H groups in total. The van der Waals surface area contributed by atoms with Gasteiger partial charge in [0.1, 0.15) is 12.4 Å². The summed E-state index contributed by atoms with van der Waals surface area (Å²) >= 11 is 0. The monoisotopic (exact) mass is 822 g/mol. The first-order valence-corrected chi connectivity index (χ1v) is 24.9. The van der Waals surface area contributed by atoms with Gasteiger partial charge in [-0.2, -0.15) is 0 Å². The van der Waals surface area contributed by atoms with Gasteiger partial charge in [0.25, 0.3) is 0 Å². The number of nitrogens with one attached hydrogen (secondary N) is 1. The molecule has 0 saturated carbocycles. The Hall–Kier alpha value is -2.16. The lowest BCUT2D eigenvalue weighted by Gasteiger charge is -2.24. The zero-order chi connectivity index (χ0) is 42.6. The molecule has 0 rings (SSSR count). The molecule has 0 aromatic heterocycles. The summed E-state index contributed by atoms with van der Waals surface area (Å²) in [5.41, 5.74) is 0. The zero-order valence-electron chi connectivity index (χ0n) is 38.8. The maximum absolute atomic E-state index is 12.8. The maximum Gasteiger partial charge on any atom is 0.317 e. The van der Waals surface area contributed by atoms with Gasteiger partial charge in [0, 0.05) is 26.4 Å². The van der Waals surface area contributed by atoms with E-state index in [0.29, 0.717) is 32.3 Å². The van der Waals surface area contributed by atoms with E-state index in [9.17, 15) is 19.2 Å². The van der Waals surface area contributed by atoms with E-state index in [1.165, 1.54) is 109 Å². The van der Waals surface area contributed by atoms with Gasteiger partial charge in [0.2, 0.25) is 0 Å². The topological polar surface area (TPSA) is 105 Å². The molecule has 0 bridgehead atoms. The van der Waals surface area contributed by atoms with Gasteiger partial charge in [-0.15, -0.1) is 0 Å². The number of ether oxygens (including phenoxy) is 2. The van der Waals surface area contributed by atoms with Crippen LogP contribution in [0.15, 0.2) is 0 Å². The molecule has 0 heterocycles. The molecule has 9 heteroatoms. The van der Waals surface area contributed by atoms with Crippen LogP contribution in [0.5, 0.6) is 0 Å². The number of urea groups is 1. The van der Waals surface area contributed by atoms with E-state index in [0.717, 1.165) is 116 Å². The fourth-order valence-corrected chi connectivity index (χ4v) is 7.63. The lowest BCUT2D eigenvalue weighted by atomic mass is 10.0. The molecule has 0 aromatic rings. The Morgan fingerprint density at radius 2 is 0.914 bits per heavy atom. The second kappa shape index (κ2) is 44.4. The van der Waals surface area contributed by atoms with Gasteiger partial charge >= 0.3 is 18.0 Å². The first-order valence-electron chi connectivity index (χ1n) is 24.9. The Labute approximate surface area is 358 Å². The second-order valence-corrected chi connectivity index (χ2v) is 17.1. The van der Waals surface area contributed by atoms with Crippen LogP contribution in [-0.2, 0) is 23.9 Å². The van der Waals surface area contributed by atoms with E-state index in [-0.39, 0.29) is 30.6 Å². The van der Waals surface area contributed by atoms with E-state index in [1.807, 2.05) is 0 Å². The summed E-state index contributed by atoms with van der Waals surface area (Å²) in [6.07, 6.45) is 39.3. The molecule has 0 spiro atoms. The van der Waals surface area contributed by atoms with E-state index in [4.69, 9.17) is 9.47 Å². The van der Waals surface area contributed by atoms with Crippen molar-refractivity contribution in [1.29, 1.82) is 0 Å². The summed E-state index contributed by atoms with van der Waals surface area (Å²) in [5.74, 6) is -0.0511. The molecule has 0 atom stereocenters. The fraction of sp³-hybridized carbons (Fsp3) is 0.918. The van der Waals surface area contributed by atoms with Crippen molar-refractivity contribution in [2.75, 3.05) is 46.4 Å². The molecule has 0 saturated heterocycles. The maximum atomic E-state index is 12.8. The average Bonchev–Trinajstić information content (AvgIpc) is 3.22. The van der Waals surface area contributed by atoms with E-state index >= 15 is 0 Å². The quantitative estimate of drug-likeness (QED) is 0.0370. The van der Waals surface area contributed by atoms with Gasteiger partial charge in [-0.05, 0) is 83.8 Å². The molecule has 0 aliphatic rings. The largest absolute Gasteiger partial charge is 0.466 e. The van der Waals surface area contributed by atoms with Gasteiger partial charge in [0.05, 0.1) is 13.2 Å². The number of hydrogen-bond acceptors (Lipinski definition) is 7. The normalized spacial score (nSPS) is 11.3. The second-order valence-electron chi connectivity index (χ2n) is 17.1. The number of aldehydes is 1. The molecule has 2 amide bonds. The van der Waals surface area contributed by atoms with Crippen molar-refractivity contribution in [1.82, 2.24) is 15.1 Å². The molecule has 58 heavy (non-hydrogen) atoms. The van der Waals surface area contributed by atoms with E-state index < -0.39 is 0 Å². The summed E-state index contributed by atoms with van der Waals surface area (Å²) in [7, 11) is 1.77. The first kappa shape index (κ1) is 55.8. The molecule has 0 aliphatic heterocycles. The number of unbranched alkanes of at least 4 members (excludes halogenated alkanes) is 24. The number of carbonyl (C=O) groups is 4. The third kappa shape index (κ3) is 39.3. The molecule has 0 aliphatic carbocycles. The smallest absolute Gasteiger partial charge is 0.317 e.